The van der Waals surface area contributed by atoms with Gasteiger partial charge in [0.05, 0.1) is 12.1 Å². The Bertz CT molecular complexity index is 434. The highest BCUT2D eigenvalue weighted by molar-refractivity contribution is 5.85. The molecule has 0 radical (unpaired) electrons. The van der Waals surface area contributed by atoms with Gasteiger partial charge in [0.1, 0.15) is 12.3 Å². The largest absolute Gasteiger partial charge is 0.480 e. The van der Waals surface area contributed by atoms with Gasteiger partial charge >= 0.3 is 5.97 Å². The summed E-state index contributed by atoms with van der Waals surface area (Å²) < 4.78 is 0. The summed E-state index contributed by atoms with van der Waals surface area (Å²) in [4.78, 5) is 21.6. The molecule has 0 saturated carbocycles. The first-order valence-corrected chi connectivity index (χ1v) is 4.87. The van der Waals surface area contributed by atoms with Crippen LogP contribution in [0.15, 0.2) is 29.4 Å². The Balaban J connectivity index is 0.00000289. The molecule has 0 heterocycles. The van der Waals surface area contributed by atoms with Gasteiger partial charge in [0.2, 0.25) is 0 Å². The summed E-state index contributed by atoms with van der Waals surface area (Å²) in [6.07, 6.45) is 1.97. The van der Waals surface area contributed by atoms with Crippen molar-refractivity contribution >= 4 is 30.9 Å². The van der Waals surface area contributed by atoms with Crippen LogP contribution in [0.4, 0.5) is 0 Å². The Hall–Kier alpha value is -1.92. The zero-order valence-corrected chi connectivity index (χ0v) is 10.2. The number of aliphatic carboxylic acids is 1. The maximum Gasteiger partial charge on any atom is 0.321 e. The van der Waals surface area contributed by atoms with Gasteiger partial charge in [0.15, 0.2) is 0 Å². The number of carbonyl (C=O) groups is 2. The second-order valence-corrected chi connectivity index (χ2v) is 3.47. The lowest BCUT2D eigenvalue weighted by molar-refractivity contribution is -0.140. The van der Waals surface area contributed by atoms with Gasteiger partial charge in [-0.05, 0) is 11.1 Å². The van der Waals surface area contributed by atoms with Crippen LogP contribution in [-0.2, 0) is 9.59 Å². The fraction of sp³-hybridized carbons (Fsp3) is 0.182. The highest BCUT2D eigenvalue weighted by atomic mass is 35.5. The average molecular weight is 272 g/mol. The molecule has 1 aromatic carbocycles. The summed E-state index contributed by atoms with van der Waals surface area (Å²) in [5, 5.41) is 12.1. The van der Waals surface area contributed by atoms with E-state index in [2.05, 4.69) is 5.10 Å². The Morgan fingerprint density at radius 1 is 1.33 bits per heavy atom. The second-order valence-electron chi connectivity index (χ2n) is 3.47. The topological polar surface area (TPSA) is 119 Å². The van der Waals surface area contributed by atoms with Crippen molar-refractivity contribution in [3.63, 3.8) is 0 Å². The Kier molecular flexibility index (Phi) is 6.62. The molecule has 18 heavy (non-hydrogen) atoms. The normalized spacial score (nSPS) is 13.6. The Morgan fingerprint density at radius 2 is 1.89 bits per heavy atom. The third-order valence-corrected chi connectivity index (χ3v) is 2.36. The van der Waals surface area contributed by atoms with Crippen LogP contribution < -0.4 is 11.6 Å². The lowest BCUT2D eigenvalue weighted by atomic mass is 9.93. The molecule has 0 aliphatic heterocycles. The molecule has 7 heteroatoms. The number of hydrogen-bond acceptors (Lipinski definition) is 5. The predicted octanol–water partition coefficient (Wildman–Crippen LogP) is 0.0954. The number of carboxylic acids is 1. The molecule has 0 fully saturated rings. The summed E-state index contributed by atoms with van der Waals surface area (Å²) in [5.74, 6) is 2.91. The first kappa shape index (κ1) is 16.1. The van der Waals surface area contributed by atoms with Crippen molar-refractivity contribution in [2.45, 2.75) is 12.0 Å². The maximum absolute atomic E-state index is 10.9. The van der Waals surface area contributed by atoms with E-state index in [0.717, 1.165) is 5.56 Å². The summed E-state index contributed by atoms with van der Waals surface area (Å²) in [6.45, 7) is 0. The van der Waals surface area contributed by atoms with E-state index < -0.39 is 17.9 Å². The fourth-order valence-corrected chi connectivity index (χ4v) is 1.41. The van der Waals surface area contributed by atoms with Crippen molar-refractivity contribution in [2.24, 2.45) is 16.7 Å². The molecule has 0 amide bonds. The number of carbonyl (C=O) groups excluding carboxylic acids is 1. The maximum atomic E-state index is 10.9. The lowest BCUT2D eigenvalue weighted by Gasteiger charge is -2.14. The van der Waals surface area contributed by atoms with Gasteiger partial charge in [-0.1, -0.05) is 24.3 Å². The van der Waals surface area contributed by atoms with E-state index in [9.17, 15) is 9.59 Å². The predicted molar refractivity (Wildman–Crippen MR) is 69.9 cm³/mol. The molecule has 1 aromatic rings. The zero-order valence-electron chi connectivity index (χ0n) is 9.39. The quantitative estimate of drug-likeness (QED) is 0.304. The fourth-order valence-electron chi connectivity index (χ4n) is 1.41. The monoisotopic (exact) mass is 271 g/mol. The van der Waals surface area contributed by atoms with Gasteiger partial charge in [-0.15, -0.1) is 12.4 Å². The highest BCUT2D eigenvalue weighted by Gasteiger charge is 2.25. The van der Waals surface area contributed by atoms with E-state index in [1.807, 2.05) is 0 Å². The van der Waals surface area contributed by atoms with Gasteiger partial charge in [-0.25, -0.2) is 0 Å². The van der Waals surface area contributed by atoms with Gasteiger partial charge < -0.3 is 21.5 Å². The van der Waals surface area contributed by atoms with E-state index in [0.29, 0.717) is 11.8 Å². The molecule has 1 rings (SSSR count). The number of carboxylic acid groups (broad SMARTS) is 1. The van der Waals surface area contributed by atoms with Gasteiger partial charge in [-0.2, -0.15) is 5.10 Å². The minimum absolute atomic E-state index is 0. The number of hydrogen-bond donors (Lipinski definition) is 3. The number of aldehydes is 1. The molecule has 2 atom stereocenters. The molecule has 0 saturated heterocycles. The summed E-state index contributed by atoms with van der Waals surface area (Å²) >= 11 is 0. The Labute approximate surface area is 110 Å². The third kappa shape index (κ3) is 3.83. The minimum Gasteiger partial charge on any atom is -0.480 e. The standard InChI is InChI=1S/C11H13N3O3.ClH/c12-10(11(16)17)9(6-15)8-3-1-7(2-4-8)5-14-13;/h1-6,9-10H,12-13H2,(H,16,17);1H. The van der Waals surface area contributed by atoms with Gasteiger partial charge in [-0.3, -0.25) is 4.79 Å². The smallest absolute Gasteiger partial charge is 0.321 e. The van der Waals surface area contributed by atoms with Crippen molar-refractivity contribution in [3.05, 3.63) is 35.4 Å². The van der Waals surface area contributed by atoms with Crippen LogP contribution in [0, 0.1) is 0 Å². The number of benzene rings is 1. The number of nitrogens with two attached hydrogens (primary N) is 2. The number of rotatable bonds is 5. The number of hydrazone groups is 1. The van der Waals surface area contributed by atoms with Crippen molar-refractivity contribution in [1.29, 1.82) is 0 Å². The van der Waals surface area contributed by atoms with Crippen molar-refractivity contribution in [1.82, 2.24) is 0 Å². The van der Waals surface area contributed by atoms with Crippen molar-refractivity contribution in [3.8, 4) is 0 Å². The van der Waals surface area contributed by atoms with Crippen LogP contribution in [0.1, 0.15) is 17.0 Å². The Morgan fingerprint density at radius 3 is 2.28 bits per heavy atom. The van der Waals surface area contributed by atoms with Crippen LogP contribution in [0.25, 0.3) is 0 Å². The second kappa shape index (κ2) is 7.41. The first-order chi connectivity index (χ1) is 8.10. The first-order valence-electron chi connectivity index (χ1n) is 4.87. The average Bonchev–Trinajstić information content (AvgIpc) is 2.32. The molecule has 98 valence electrons. The van der Waals surface area contributed by atoms with Crippen LogP contribution in [0.2, 0.25) is 0 Å². The van der Waals surface area contributed by atoms with E-state index in [1.54, 1.807) is 24.3 Å². The molecular formula is C11H14ClN3O3. The molecular weight excluding hydrogens is 258 g/mol. The SMILES string of the molecule is Cl.NN=Cc1ccc(C(C=O)C(N)C(=O)O)cc1. The van der Waals surface area contributed by atoms with E-state index in [1.165, 1.54) is 6.21 Å². The van der Waals surface area contributed by atoms with E-state index >= 15 is 0 Å². The molecule has 0 spiro atoms. The molecule has 0 bridgehead atoms. The molecule has 0 aliphatic rings. The number of nitrogens with zero attached hydrogens (tertiary/aromatic N) is 1. The number of halogens is 1. The van der Waals surface area contributed by atoms with Crippen LogP contribution in [-0.4, -0.2) is 29.6 Å². The lowest BCUT2D eigenvalue weighted by Crippen LogP contribution is -2.37. The van der Waals surface area contributed by atoms with Crippen molar-refractivity contribution in [2.75, 3.05) is 0 Å². The van der Waals surface area contributed by atoms with Crippen LogP contribution in [0.5, 0.6) is 0 Å². The minimum atomic E-state index is -1.25. The highest BCUT2D eigenvalue weighted by Crippen LogP contribution is 2.17. The molecule has 0 aliphatic carbocycles. The third-order valence-electron chi connectivity index (χ3n) is 2.36. The summed E-state index contributed by atoms with van der Waals surface area (Å²) in [7, 11) is 0. The molecule has 2 unspecified atom stereocenters. The molecule has 5 N–H and O–H groups in total. The summed E-state index contributed by atoms with van der Waals surface area (Å²) in [5.41, 5.74) is 6.72. The van der Waals surface area contributed by atoms with Crippen LogP contribution in [0.3, 0.4) is 0 Å². The van der Waals surface area contributed by atoms with Gasteiger partial charge in [0, 0.05) is 0 Å². The summed E-state index contributed by atoms with van der Waals surface area (Å²) in [6, 6.07) is 5.35. The van der Waals surface area contributed by atoms with E-state index in [-0.39, 0.29) is 12.4 Å². The molecule has 6 nitrogen and oxygen atoms in total. The van der Waals surface area contributed by atoms with Crippen LogP contribution >= 0.6 is 12.4 Å². The van der Waals surface area contributed by atoms with E-state index in [4.69, 9.17) is 16.7 Å². The van der Waals surface area contributed by atoms with Crippen molar-refractivity contribution < 1.29 is 14.7 Å². The molecule has 0 aromatic heterocycles. The zero-order chi connectivity index (χ0) is 12.8. The van der Waals surface area contributed by atoms with Gasteiger partial charge in [0.25, 0.3) is 0 Å².